The third-order valence-electron chi connectivity index (χ3n) is 0. The van der Waals surface area contributed by atoms with Crippen LogP contribution in [0.15, 0.2) is 0 Å². The van der Waals surface area contributed by atoms with Crippen LogP contribution in [0.25, 0.3) is 0 Å². The van der Waals surface area contributed by atoms with Gasteiger partial charge in [0.05, 0.1) is 0 Å². The van der Waals surface area contributed by atoms with Gasteiger partial charge in [-0.2, -0.15) is 0 Å². The van der Waals surface area contributed by atoms with Crippen molar-refractivity contribution in [2.24, 2.45) is 0 Å². The molecule has 0 spiro atoms. The standard InChI is InChI=1S/2C3H9P.2BrH.Cu/c2*1-4(2)3;;;/h2*1-3H3;2*1H;/q;;;;+2. The molecule has 0 aromatic heterocycles. The molecule has 0 radical (unpaired) electrons. The van der Waals surface area contributed by atoms with E-state index in [1.807, 2.05) is 0 Å². The molecule has 0 unspecified atom stereocenters. The Kier molecular flexibility index (Phi) is 31.4. The quantitative estimate of drug-likeness (QED) is 0.444. The molecule has 0 nitrogen and oxygen atoms in total. The number of rotatable bonds is 0. The normalized spacial score (nSPS) is 8.55. The summed E-state index contributed by atoms with van der Waals surface area (Å²) in [6.45, 7) is 13.6. The molecule has 77 valence electrons. The van der Waals surface area contributed by atoms with Gasteiger partial charge in [0.1, 0.15) is 0 Å². The molecule has 0 saturated carbocycles. The van der Waals surface area contributed by atoms with E-state index >= 15 is 0 Å². The average Bonchev–Trinajstić information content (AvgIpc) is 1.60. The van der Waals surface area contributed by atoms with Crippen molar-refractivity contribution in [3.63, 3.8) is 0 Å². The summed E-state index contributed by atoms with van der Waals surface area (Å²) >= 11 is 7.38. The Morgan fingerprint density at radius 1 is 0.727 bits per heavy atom. The summed E-state index contributed by atoms with van der Waals surface area (Å²) in [6.07, 6.45) is 0. The zero-order chi connectivity index (χ0) is 9.86. The number of hydrogen-bond donors (Lipinski definition) is 0. The van der Waals surface area contributed by atoms with E-state index in [1.54, 1.807) is 0 Å². The molecule has 5 heteroatoms. The SMILES string of the molecule is C[PH+](C)C.C[PH+](C)C.[Br][Cu][Br]. The van der Waals surface area contributed by atoms with Gasteiger partial charge in [0.25, 0.3) is 0 Å². The van der Waals surface area contributed by atoms with E-state index in [-0.39, 0.29) is 15.8 Å². The van der Waals surface area contributed by atoms with Crippen LogP contribution in [0.1, 0.15) is 0 Å². The molecule has 0 aliphatic carbocycles. The van der Waals surface area contributed by atoms with Gasteiger partial charge in [-0.25, -0.2) is 0 Å². The van der Waals surface area contributed by atoms with Crippen molar-refractivity contribution in [3.05, 3.63) is 0 Å². The van der Waals surface area contributed by atoms with Crippen LogP contribution in [0.2, 0.25) is 0 Å². The molecule has 0 rings (SSSR count). The molecule has 0 aromatic carbocycles. The van der Waals surface area contributed by atoms with Gasteiger partial charge in [0.2, 0.25) is 0 Å². The van der Waals surface area contributed by atoms with Gasteiger partial charge < -0.3 is 0 Å². The summed E-state index contributed by atoms with van der Waals surface area (Å²) in [5.41, 5.74) is 0. The molecule has 0 heterocycles. The molecule has 0 amide bonds. The second-order valence-corrected chi connectivity index (χ2v) is 13.8. The predicted octanol–water partition coefficient (Wildman–Crippen LogP) is 3.87. The van der Waals surface area contributed by atoms with Crippen LogP contribution in [0, 0.1) is 0 Å². The topological polar surface area (TPSA) is 0 Å². The van der Waals surface area contributed by atoms with Crippen molar-refractivity contribution in [3.8, 4) is 0 Å². The minimum atomic E-state index is 0.120. The van der Waals surface area contributed by atoms with Gasteiger partial charge in [-0.05, 0) is 15.8 Å². The van der Waals surface area contributed by atoms with E-state index in [1.165, 1.54) is 11.3 Å². The maximum absolute atomic E-state index is 2.97. The fourth-order valence-corrected chi connectivity index (χ4v) is 0. The Bertz CT molecular complexity index is 42.3. The summed E-state index contributed by atoms with van der Waals surface area (Å²) in [5, 5.41) is 0. The number of hydrogen-bond acceptors (Lipinski definition) is 0. The van der Waals surface area contributed by atoms with Gasteiger partial charge in [-0.1, -0.05) is 0 Å². The fraction of sp³-hybridized carbons (Fsp3) is 1.00. The Balaban J connectivity index is -0.0000000886. The molecule has 0 aliphatic heterocycles. The van der Waals surface area contributed by atoms with Gasteiger partial charge in [-0.15, -0.1) is 0 Å². The molecular weight excluding hydrogens is 357 g/mol. The zero-order valence-electron chi connectivity index (χ0n) is 8.06. The van der Waals surface area contributed by atoms with Crippen molar-refractivity contribution in [1.29, 1.82) is 0 Å². The molecule has 0 saturated heterocycles. The second kappa shape index (κ2) is 18.2. The fourth-order valence-electron chi connectivity index (χ4n) is 0. The summed E-state index contributed by atoms with van der Waals surface area (Å²) in [5.74, 6) is 0. The van der Waals surface area contributed by atoms with E-state index in [9.17, 15) is 0 Å². The molecule has 0 fully saturated rings. The first-order valence-electron chi connectivity index (χ1n) is 3.23. The third kappa shape index (κ3) is 241. The van der Waals surface area contributed by atoms with Crippen LogP contribution >= 0.6 is 44.1 Å². The molecule has 0 N–H and O–H groups in total. The Hall–Kier alpha value is 2.34. The Morgan fingerprint density at radius 2 is 0.727 bits per heavy atom. The van der Waals surface area contributed by atoms with Crippen LogP contribution in [-0.4, -0.2) is 40.0 Å². The average molecular weight is 378 g/mol. The first kappa shape index (κ1) is 19.0. The molecule has 11 heavy (non-hydrogen) atoms. The van der Waals surface area contributed by atoms with E-state index in [2.05, 4.69) is 68.2 Å². The van der Waals surface area contributed by atoms with Crippen LogP contribution in [0.4, 0.5) is 0 Å². The Labute approximate surface area is 94.7 Å². The van der Waals surface area contributed by atoms with Crippen LogP contribution in [0.3, 0.4) is 0 Å². The maximum atomic E-state index is 2.97. The first-order chi connectivity index (χ1) is 4.88. The Morgan fingerprint density at radius 3 is 0.727 bits per heavy atom. The summed E-state index contributed by atoms with van der Waals surface area (Å²) in [6, 6.07) is 0. The van der Waals surface area contributed by atoms with Crippen molar-refractivity contribution < 1.29 is 11.3 Å². The molecular formula is C6H20Br2CuP2+2. The summed E-state index contributed by atoms with van der Waals surface area (Å²) in [4.78, 5) is 0. The van der Waals surface area contributed by atoms with Crippen LogP contribution in [-0.2, 0) is 11.3 Å². The van der Waals surface area contributed by atoms with Crippen molar-refractivity contribution in [2.75, 3.05) is 40.0 Å². The van der Waals surface area contributed by atoms with E-state index in [0.717, 1.165) is 0 Å². The zero-order valence-corrected chi connectivity index (χ0v) is 14.2. The van der Waals surface area contributed by atoms with Crippen LogP contribution in [0.5, 0.6) is 0 Å². The number of halogens is 2. The molecule has 0 bridgehead atoms. The monoisotopic (exact) mass is 375 g/mol. The summed E-state index contributed by atoms with van der Waals surface area (Å²) < 4.78 is 0. The van der Waals surface area contributed by atoms with Crippen molar-refractivity contribution in [2.45, 2.75) is 0 Å². The molecule has 0 aromatic rings. The molecule has 0 atom stereocenters. The first-order valence-corrected chi connectivity index (χ1v) is 13.9. The van der Waals surface area contributed by atoms with Crippen LogP contribution < -0.4 is 0 Å². The van der Waals surface area contributed by atoms with Gasteiger partial charge in [0, 0.05) is 40.0 Å². The van der Waals surface area contributed by atoms with Gasteiger partial charge in [0.15, 0.2) is 0 Å². The van der Waals surface area contributed by atoms with E-state index in [4.69, 9.17) is 0 Å². The van der Waals surface area contributed by atoms with E-state index in [0.29, 0.717) is 0 Å². The van der Waals surface area contributed by atoms with Gasteiger partial charge >= 0.3 is 39.6 Å². The van der Waals surface area contributed by atoms with E-state index < -0.39 is 0 Å². The summed E-state index contributed by atoms with van der Waals surface area (Å²) in [7, 11) is 0.241. The van der Waals surface area contributed by atoms with Gasteiger partial charge in [-0.3, -0.25) is 0 Å². The minimum absolute atomic E-state index is 0.120. The van der Waals surface area contributed by atoms with Crippen molar-refractivity contribution in [1.82, 2.24) is 0 Å². The third-order valence-corrected chi connectivity index (χ3v) is 0. The predicted molar refractivity (Wildman–Crippen MR) is 70.0 cm³/mol. The van der Waals surface area contributed by atoms with Crippen molar-refractivity contribution >= 4 is 44.1 Å². The molecule has 0 aliphatic rings. The second-order valence-electron chi connectivity index (χ2n) is 3.04.